The Kier molecular flexibility index (Phi) is 6.23. The number of nitrogens with one attached hydrogen (secondary N) is 1. The molecule has 1 N–H and O–H groups in total. The Morgan fingerprint density at radius 3 is 2.68 bits per heavy atom. The summed E-state index contributed by atoms with van der Waals surface area (Å²) in [4.78, 5) is 24.5. The highest BCUT2D eigenvalue weighted by molar-refractivity contribution is 6.33. The summed E-state index contributed by atoms with van der Waals surface area (Å²) in [6.07, 6.45) is 4.17. The molecule has 2 aromatic carbocycles. The van der Waals surface area contributed by atoms with Crippen LogP contribution in [0.3, 0.4) is 0 Å². The monoisotopic (exact) mass is 519 g/mol. The van der Waals surface area contributed by atoms with E-state index in [1.807, 2.05) is 42.5 Å². The van der Waals surface area contributed by atoms with Crippen LogP contribution in [0.2, 0.25) is 5.02 Å². The number of anilines is 2. The van der Waals surface area contributed by atoms with Gasteiger partial charge in [0, 0.05) is 42.0 Å². The van der Waals surface area contributed by atoms with Gasteiger partial charge in [-0.05, 0) is 12.1 Å². The van der Waals surface area contributed by atoms with Crippen LogP contribution in [0.15, 0.2) is 61.1 Å². The molecule has 0 aliphatic carbocycles. The second-order valence-electron chi connectivity index (χ2n) is 8.71. The van der Waals surface area contributed by atoms with Crippen LogP contribution in [0.1, 0.15) is 10.4 Å². The van der Waals surface area contributed by atoms with Crippen LogP contribution in [-0.4, -0.2) is 55.3 Å². The van der Waals surface area contributed by atoms with Crippen molar-refractivity contribution < 1.29 is 18.7 Å². The maximum atomic E-state index is 14.2. The van der Waals surface area contributed by atoms with Crippen molar-refractivity contribution in [2.45, 2.75) is 0 Å². The van der Waals surface area contributed by atoms with Crippen molar-refractivity contribution in [1.29, 1.82) is 0 Å². The number of aromatic nitrogens is 2. The lowest BCUT2D eigenvalue weighted by atomic mass is 10.00. The number of hydrazine groups is 1. The number of amides is 1. The van der Waals surface area contributed by atoms with Gasteiger partial charge in [0.2, 0.25) is 0 Å². The lowest BCUT2D eigenvalue weighted by molar-refractivity contribution is 0.0943. The van der Waals surface area contributed by atoms with Crippen LogP contribution in [0.5, 0.6) is 5.75 Å². The molecule has 0 unspecified atom stereocenters. The van der Waals surface area contributed by atoms with Gasteiger partial charge in [-0.15, -0.1) is 0 Å². The van der Waals surface area contributed by atoms with Gasteiger partial charge in [-0.3, -0.25) is 25.2 Å². The second kappa shape index (κ2) is 9.84. The van der Waals surface area contributed by atoms with E-state index < -0.39 is 5.82 Å². The number of pyridine rings is 2. The van der Waals surface area contributed by atoms with E-state index in [2.05, 4.69) is 20.3 Å². The van der Waals surface area contributed by atoms with Gasteiger partial charge in [-0.1, -0.05) is 41.9 Å². The Morgan fingerprint density at radius 1 is 0.973 bits per heavy atom. The molecule has 8 nitrogen and oxygen atoms in total. The number of rotatable bonds is 4. The molecule has 2 aliphatic rings. The molecule has 2 aromatic heterocycles. The number of ether oxygens (including phenoxy) is 2. The predicted octanol–water partition coefficient (Wildman–Crippen LogP) is 4.47. The Morgan fingerprint density at radius 2 is 1.81 bits per heavy atom. The number of carbonyl (C=O) groups excluding carboxylic acids is 1. The first kappa shape index (κ1) is 23.4. The average molecular weight is 520 g/mol. The molecule has 0 radical (unpaired) electrons. The third kappa shape index (κ3) is 4.30. The van der Waals surface area contributed by atoms with E-state index in [9.17, 15) is 9.18 Å². The molecule has 6 rings (SSSR count). The summed E-state index contributed by atoms with van der Waals surface area (Å²) in [5.74, 6) is -0.181. The van der Waals surface area contributed by atoms with Crippen molar-refractivity contribution in [3.05, 3.63) is 77.5 Å². The van der Waals surface area contributed by atoms with Gasteiger partial charge in [-0.25, -0.2) is 4.39 Å². The quantitative estimate of drug-likeness (QED) is 0.426. The van der Waals surface area contributed by atoms with Gasteiger partial charge in [0.1, 0.15) is 12.4 Å². The van der Waals surface area contributed by atoms with E-state index in [1.54, 1.807) is 11.2 Å². The van der Waals surface area contributed by atoms with Crippen molar-refractivity contribution in [2.24, 2.45) is 0 Å². The number of nitrogens with zero attached hydrogens (tertiary/aromatic N) is 4. The third-order valence-electron chi connectivity index (χ3n) is 6.53. The zero-order valence-electron chi connectivity index (χ0n) is 19.8. The molecule has 0 bridgehead atoms. The molecule has 0 spiro atoms. The van der Waals surface area contributed by atoms with Gasteiger partial charge in [0.15, 0.2) is 5.82 Å². The van der Waals surface area contributed by atoms with Crippen LogP contribution >= 0.6 is 11.6 Å². The fourth-order valence-corrected chi connectivity index (χ4v) is 5.00. The van der Waals surface area contributed by atoms with Crippen molar-refractivity contribution in [3.63, 3.8) is 0 Å². The second-order valence-corrected chi connectivity index (χ2v) is 9.09. The Balaban J connectivity index is 1.46. The molecular weight excluding hydrogens is 497 g/mol. The van der Waals surface area contributed by atoms with Gasteiger partial charge >= 0.3 is 0 Å². The molecule has 0 saturated carbocycles. The zero-order valence-corrected chi connectivity index (χ0v) is 20.5. The first-order valence-corrected chi connectivity index (χ1v) is 12.3. The maximum Gasteiger partial charge on any atom is 0.273 e. The Bertz CT molecular complexity index is 1490. The first-order chi connectivity index (χ1) is 18.1. The van der Waals surface area contributed by atoms with Crippen LogP contribution in [0, 0.1) is 5.82 Å². The minimum Gasteiger partial charge on any atom is -0.489 e. The summed E-state index contributed by atoms with van der Waals surface area (Å²) in [5.41, 5.74) is 6.68. The number of halogens is 2. The summed E-state index contributed by atoms with van der Waals surface area (Å²) >= 11 is 6.30. The van der Waals surface area contributed by atoms with Gasteiger partial charge in [0.05, 0.1) is 53.4 Å². The van der Waals surface area contributed by atoms with Crippen molar-refractivity contribution in [2.75, 3.05) is 49.4 Å². The largest absolute Gasteiger partial charge is 0.489 e. The minimum atomic E-state index is -0.605. The Hall–Kier alpha value is -3.95. The minimum absolute atomic E-state index is 0.0231. The summed E-state index contributed by atoms with van der Waals surface area (Å²) in [7, 11) is 0. The van der Waals surface area contributed by atoms with Crippen molar-refractivity contribution >= 4 is 39.8 Å². The summed E-state index contributed by atoms with van der Waals surface area (Å²) < 4.78 is 25.5. The number of morpholine rings is 1. The smallest absolute Gasteiger partial charge is 0.273 e. The van der Waals surface area contributed by atoms with E-state index in [0.29, 0.717) is 67.4 Å². The lowest BCUT2D eigenvalue weighted by Crippen LogP contribution is -2.47. The summed E-state index contributed by atoms with van der Waals surface area (Å²) in [5, 5.41) is 2.53. The predicted molar refractivity (Wildman–Crippen MR) is 140 cm³/mol. The van der Waals surface area contributed by atoms with Gasteiger partial charge in [-0.2, -0.15) is 0 Å². The summed E-state index contributed by atoms with van der Waals surface area (Å²) in [6, 6.07) is 13.2. The molecule has 2 aliphatic heterocycles. The van der Waals surface area contributed by atoms with Crippen LogP contribution in [0.25, 0.3) is 22.0 Å². The molecule has 4 aromatic rings. The van der Waals surface area contributed by atoms with Crippen molar-refractivity contribution in [3.8, 4) is 16.9 Å². The SMILES string of the molecule is O=C(NN1CCOc2ccccc21)c1cnc2c(-c3cncc(F)c3Cl)cccc2c1N1CCOCC1. The van der Waals surface area contributed by atoms with Gasteiger partial charge in [0.25, 0.3) is 5.91 Å². The fraction of sp³-hybridized carbons (Fsp3) is 0.222. The Labute approximate surface area is 217 Å². The molecule has 37 heavy (non-hydrogen) atoms. The highest BCUT2D eigenvalue weighted by atomic mass is 35.5. The standard InChI is InChI=1S/C27H23ClFN5O3/c28-24-19(14-30-16-21(24)29)17-4-3-5-18-25(17)31-15-20(26(18)33-8-11-36-12-9-33)27(35)32-34-10-13-37-23-7-2-1-6-22(23)34/h1-7,14-16H,8-13H2,(H,32,35). The van der Waals surface area contributed by atoms with E-state index in [0.717, 1.165) is 23.0 Å². The average Bonchev–Trinajstić information content (AvgIpc) is 2.94. The molecule has 188 valence electrons. The van der Waals surface area contributed by atoms with E-state index in [-0.39, 0.29) is 10.9 Å². The van der Waals surface area contributed by atoms with Crippen molar-refractivity contribution in [1.82, 2.24) is 15.4 Å². The molecule has 1 fully saturated rings. The summed E-state index contributed by atoms with van der Waals surface area (Å²) in [6.45, 7) is 3.28. The third-order valence-corrected chi connectivity index (χ3v) is 6.92. The van der Waals surface area contributed by atoms with E-state index in [4.69, 9.17) is 21.1 Å². The highest BCUT2D eigenvalue weighted by Gasteiger charge is 2.26. The zero-order chi connectivity index (χ0) is 25.4. The number of benzene rings is 2. The van der Waals surface area contributed by atoms with Crippen LogP contribution < -0.4 is 20.1 Å². The molecule has 1 amide bonds. The molecular formula is C27H23ClFN5O3. The number of para-hydroxylation sites is 3. The van der Waals surface area contributed by atoms with E-state index >= 15 is 0 Å². The number of carbonyl (C=O) groups is 1. The lowest BCUT2D eigenvalue weighted by Gasteiger charge is -2.33. The maximum absolute atomic E-state index is 14.2. The van der Waals surface area contributed by atoms with E-state index in [1.165, 1.54) is 6.20 Å². The molecule has 10 heteroatoms. The molecule has 0 atom stereocenters. The van der Waals surface area contributed by atoms with Gasteiger partial charge < -0.3 is 14.4 Å². The highest BCUT2D eigenvalue weighted by Crippen LogP contribution is 2.38. The first-order valence-electron chi connectivity index (χ1n) is 12.0. The normalized spacial score (nSPS) is 15.3. The topological polar surface area (TPSA) is 79.8 Å². The van der Waals surface area contributed by atoms with Crippen LogP contribution in [0.4, 0.5) is 15.8 Å². The van der Waals surface area contributed by atoms with Crippen LogP contribution in [-0.2, 0) is 4.74 Å². The number of hydrogen-bond acceptors (Lipinski definition) is 7. The molecule has 1 saturated heterocycles. The number of fused-ring (bicyclic) bond motifs is 2. The number of hydrogen-bond donors (Lipinski definition) is 1. The molecule has 4 heterocycles. The fourth-order valence-electron chi connectivity index (χ4n) is 4.80.